The van der Waals surface area contributed by atoms with Crippen molar-refractivity contribution in [2.45, 2.75) is 19.5 Å². The van der Waals surface area contributed by atoms with E-state index in [1.807, 2.05) is 0 Å². The molecule has 0 aliphatic rings. The predicted octanol–water partition coefficient (Wildman–Crippen LogP) is -0.0796. The molecule has 0 radical (unpaired) electrons. The van der Waals surface area contributed by atoms with Gasteiger partial charge in [0.1, 0.15) is 0 Å². The van der Waals surface area contributed by atoms with Crippen molar-refractivity contribution < 1.29 is 0 Å². The van der Waals surface area contributed by atoms with E-state index in [9.17, 15) is 0 Å². The monoisotopic (exact) mass is 115 g/mol. The average Bonchev–Trinajstić information content (AvgIpc) is 1.83. The molecule has 48 valence electrons. The van der Waals surface area contributed by atoms with E-state index in [1.165, 1.54) is 6.21 Å². The Morgan fingerprint density at radius 2 is 2.50 bits per heavy atom. The van der Waals surface area contributed by atoms with Gasteiger partial charge in [-0.2, -0.15) is 0 Å². The summed E-state index contributed by atoms with van der Waals surface area (Å²) in [5, 5.41) is 9.59. The molecule has 0 heterocycles. The van der Waals surface area contributed by atoms with Gasteiger partial charge in [0.15, 0.2) is 0 Å². The van der Waals surface area contributed by atoms with Crippen LogP contribution in [0.25, 0.3) is 0 Å². The predicted molar refractivity (Wildman–Crippen MR) is 35.1 cm³/mol. The SMILES string of the molecule is CCCNC(N)C=N. The molecule has 0 aromatic rings. The first kappa shape index (κ1) is 7.59. The molecule has 1 atom stereocenters. The lowest BCUT2D eigenvalue weighted by Crippen LogP contribution is -2.38. The van der Waals surface area contributed by atoms with Gasteiger partial charge in [0.2, 0.25) is 0 Å². The normalized spacial score (nSPS) is 13.2. The summed E-state index contributed by atoms with van der Waals surface area (Å²) in [6.07, 6.45) is 1.99. The lowest BCUT2D eigenvalue weighted by Gasteiger charge is -2.04. The fraction of sp³-hybridized carbons (Fsp3) is 0.800. The fourth-order valence-electron chi connectivity index (χ4n) is 0.370. The summed E-state index contributed by atoms with van der Waals surface area (Å²) in [6, 6.07) is 0. The van der Waals surface area contributed by atoms with Crippen LogP contribution in [-0.4, -0.2) is 18.9 Å². The van der Waals surface area contributed by atoms with Gasteiger partial charge in [-0.25, -0.2) is 0 Å². The standard InChI is InChI=1S/C5H13N3/c1-2-3-8-5(7)4-6/h4-6,8H,2-3,7H2,1H3. The second-order valence-corrected chi connectivity index (χ2v) is 1.65. The first-order valence-electron chi connectivity index (χ1n) is 2.80. The number of rotatable bonds is 4. The molecule has 0 aliphatic heterocycles. The van der Waals surface area contributed by atoms with Gasteiger partial charge in [0, 0.05) is 6.21 Å². The van der Waals surface area contributed by atoms with Crippen molar-refractivity contribution in [2.75, 3.05) is 6.54 Å². The van der Waals surface area contributed by atoms with E-state index in [1.54, 1.807) is 0 Å². The van der Waals surface area contributed by atoms with Gasteiger partial charge in [-0.05, 0) is 13.0 Å². The Bertz CT molecular complexity index is 62.7. The van der Waals surface area contributed by atoms with Crippen LogP contribution in [0.15, 0.2) is 0 Å². The zero-order valence-corrected chi connectivity index (χ0v) is 5.15. The Morgan fingerprint density at radius 1 is 1.88 bits per heavy atom. The van der Waals surface area contributed by atoms with E-state index < -0.39 is 0 Å². The van der Waals surface area contributed by atoms with Crippen molar-refractivity contribution >= 4 is 6.21 Å². The highest BCUT2D eigenvalue weighted by Gasteiger charge is 1.90. The Labute approximate surface area is 49.8 Å². The summed E-state index contributed by atoms with van der Waals surface area (Å²) < 4.78 is 0. The van der Waals surface area contributed by atoms with Gasteiger partial charge in [-0.15, -0.1) is 0 Å². The van der Waals surface area contributed by atoms with Crippen molar-refractivity contribution in [3.63, 3.8) is 0 Å². The maximum atomic E-state index is 6.67. The van der Waals surface area contributed by atoms with Crippen LogP contribution in [0.2, 0.25) is 0 Å². The Balaban J connectivity index is 2.98. The Morgan fingerprint density at radius 3 is 2.88 bits per heavy atom. The molecule has 3 heteroatoms. The molecule has 0 bridgehead atoms. The van der Waals surface area contributed by atoms with Gasteiger partial charge in [0.05, 0.1) is 6.17 Å². The second kappa shape index (κ2) is 4.74. The van der Waals surface area contributed by atoms with Crippen molar-refractivity contribution in [1.29, 1.82) is 5.41 Å². The highest BCUT2D eigenvalue weighted by Crippen LogP contribution is 1.69. The summed E-state index contributed by atoms with van der Waals surface area (Å²) in [7, 11) is 0. The Kier molecular flexibility index (Phi) is 4.50. The minimum atomic E-state index is -0.255. The maximum absolute atomic E-state index is 6.67. The zero-order chi connectivity index (χ0) is 6.41. The topological polar surface area (TPSA) is 61.9 Å². The molecule has 3 nitrogen and oxygen atoms in total. The van der Waals surface area contributed by atoms with Gasteiger partial charge >= 0.3 is 0 Å². The van der Waals surface area contributed by atoms with Gasteiger partial charge in [-0.1, -0.05) is 6.92 Å². The zero-order valence-electron chi connectivity index (χ0n) is 5.15. The molecule has 1 unspecified atom stereocenters. The molecular weight excluding hydrogens is 102 g/mol. The molecule has 0 aromatic heterocycles. The van der Waals surface area contributed by atoms with E-state index in [0.29, 0.717) is 0 Å². The number of hydrogen-bond acceptors (Lipinski definition) is 3. The highest BCUT2D eigenvalue weighted by molar-refractivity contribution is 5.59. The van der Waals surface area contributed by atoms with Crippen molar-refractivity contribution in [1.82, 2.24) is 5.32 Å². The van der Waals surface area contributed by atoms with Crippen LogP contribution >= 0.6 is 0 Å². The molecule has 0 spiro atoms. The summed E-state index contributed by atoms with van der Waals surface area (Å²) in [6.45, 7) is 2.94. The van der Waals surface area contributed by atoms with Crippen LogP contribution < -0.4 is 11.1 Å². The Hall–Kier alpha value is -0.410. The smallest absolute Gasteiger partial charge is 0.0907 e. The molecule has 0 aromatic carbocycles. The quantitative estimate of drug-likeness (QED) is 0.354. The minimum Gasteiger partial charge on any atom is -0.311 e. The molecule has 0 aliphatic carbocycles. The van der Waals surface area contributed by atoms with Crippen LogP contribution in [0, 0.1) is 5.41 Å². The lowest BCUT2D eigenvalue weighted by atomic mass is 10.4. The average molecular weight is 115 g/mol. The van der Waals surface area contributed by atoms with Gasteiger partial charge < -0.3 is 11.1 Å². The van der Waals surface area contributed by atoms with E-state index >= 15 is 0 Å². The third-order valence-electron chi connectivity index (χ3n) is 0.810. The molecule has 0 saturated heterocycles. The van der Waals surface area contributed by atoms with Crippen LogP contribution in [0.3, 0.4) is 0 Å². The van der Waals surface area contributed by atoms with Crippen LogP contribution in [0.5, 0.6) is 0 Å². The second-order valence-electron chi connectivity index (χ2n) is 1.65. The van der Waals surface area contributed by atoms with Crippen molar-refractivity contribution in [3.8, 4) is 0 Å². The van der Waals surface area contributed by atoms with Gasteiger partial charge in [0.25, 0.3) is 0 Å². The number of hydrogen-bond donors (Lipinski definition) is 3. The third kappa shape index (κ3) is 3.77. The summed E-state index contributed by atoms with van der Waals surface area (Å²) in [5.74, 6) is 0. The molecular formula is C5H13N3. The van der Waals surface area contributed by atoms with Crippen LogP contribution in [0.1, 0.15) is 13.3 Å². The van der Waals surface area contributed by atoms with E-state index in [-0.39, 0.29) is 6.17 Å². The van der Waals surface area contributed by atoms with Crippen molar-refractivity contribution in [3.05, 3.63) is 0 Å². The largest absolute Gasteiger partial charge is 0.311 e. The summed E-state index contributed by atoms with van der Waals surface area (Å²) in [5.41, 5.74) is 5.30. The molecule has 8 heavy (non-hydrogen) atoms. The molecule has 0 rings (SSSR count). The van der Waals surface area contributed by atoms with Crippen LogP contribution in [-0.2, 0) is 0 Å². The first-order chi connectivity index (χ1) is 3.81. The van der Waals surface area contributed by atoms with Crippen LogP contribution in [0.4, 0.5) is 0 Å². The van der Waals surface area contributed by atoms with E-state index in [2.05, 4.69) is 12.2 Å². The number of nitrogens with one attached hydrogen (secondary N) is 2. The van der Waals surface area contributed by atoms with E-state index in [4.69, 9.17) is 11.1 Å². The summed E-state index contributed by atoms with van der Waals surface area (Å²) in [4.78, 5) is 0. The molecule has 0 amide bonds. The van der Waals surface area contributed by atoms with Gasteiger partial charge in [-0.3, -0.25) is 5.32 Å². The molecule has 4 N–H and O–H groups in total. The van der Waals surface area contributed by atoms with E-state index in [0.717, 1.165) is 13.0 Å². The summed E-state index contributed by atoms with van der Waals surface area (Å²) >= 11 is 0. The third-order valence-corrected chi connectivity index (χ3v) is 0.810. The highest BCUT2D eigenvalue weighted by atomic mass is 15.0. The first-order valence-corrected chi connectivity index (χ1v) is 2.80. The molecule has 0 fully saturated rings. The molecule has 0 saturated carbocycles. The number of nitrogens with two attached hydrogens (primary N) is 1. The van der Waals surface area contributed by atoms with Crippen molar-refractivity contribution in [2.24, 2.45) is 5.73 Å². The maximum Gasteiger partial charge on any atom is 0.0907 e. The minimum absolute atomic E-state index is 0.255. The fourth-order valence-corrected chi connectivity index (χ4v) is 0.370. The lowest BCUT2D eigenvalue weighted by molar-refractivity contribution is 0.633.